The van der Waals surface area contributed by atoms with E-state index in [0.29, 0.717) is 3.95 Å². The molecule has 0 aliphatic heterocycles. The van der Waals surface area contributed by atoms with Crippen LogP contribution in [0.25, 0.3) is 0 Å². The normalized spacial score (nSPS) is 10.1. The summed E-state index contributed by atoms with van der Waals surface area (Å²) in [5, 5.41) is 10.7. The Labute approximate surface area is 102 Å². The number of methoxy groups -OCH3 is 1. The summed E-state index contributed by atoms with van der Waals surface area (Å²) in [5.74, 6) is 0.875. The number of rotatable bonds is 3. The summed E-state index contributed by atoms with van der Waals surface area (Å²) in [4.78, 5) is 0. The van der Waals surface area contributed by atoms with Gasteiger partial charge in [-0.1, -0.05) is 11.3 Å². The Balaban J connectivity index is 2.22. The highest BCUT2D eigenvalue weighted by atomic mass is 32.1. The van der Waals surface area contributed by atoms with Gasteiger partial charge in [0.1, 0.15) is 5.75 Å². The SMILES string of the molecule is COc1ccc(Nc2n[nH]c(=S)s2)cc1C. The second-order valence-corrected chi connectivity index (χ2v) is 4.89. The third-order valence-electron chi connectivity index (χ3n) is 2.08. The Morgan fingerprint density at radius 3 is 2.88 bits per heavy atom. The van der Waals surface area contributed by atoms with Gasteiger partial charge in [0.25, 0.3) is 0 Å². The smallest absolute Gasteiger partial charge is 0.208 e. The van der Waals surface area contributed by atoms with Crippen LogP contribution >= 0.6 is 23.6 Å². The number of aromatic nitrogens is 2. The topological polar surface area (TPSA) is 49.9 Å². The van der Waals surface area contributed by atoms with Gasteiger partial charge in [0, 0.05) is 5.69 Å². The van der Waals surface area contributed by atoms with E-state index in [1.807, 2.05) is 25.1 Å². The van der Waals surface area contributed by atoms with Crippen LogP contribution < -0.4 is 10.1 Å². The van der Waals surface area contributed by atoms with Gasteiger partial charge in [-0.25, -0.2) is 0 Å². The van der Waals surface area contributed by atoms with E-state index in [2.05, 4.69) is 15.5 Å². The average molecular weight is 253 g/mol. The number of ether oxygens (including phenoxy) is 1. The van der Waals surface area contributed by atoms with Gasteiger partial charge in [-0.05, 0) is 42.9 Å². The van der Waals surface area contributed by atoms with E-state index >= 15 is 0 Å². The Morgan fingerprint density at radius 2 is 2.31 bits per heavy atom. The van der Waals surface area contributed by atoms with E-state index in [0.717, 1.165) is 22.1 Å². The van der Waals surface area contributed by atoms with Crippen LogP contribution in [0.3, 0.4) is 0 Å². The van der Waals surface area contributed by atoms with Gasteiger partial charge in [0.2, 0.25) is 5.13 Å². The summed E-state index contributed by atoms with van der Waals surface area (Å²) in [6.07, 6.45) is 0. The highest BCUT2D eigenvalue weighted by molar-refractivity contribution is 7.73. The first-order chi connectivity index (χ1) is 7.69. The first-order valence-corrected chi connectivity index (χ1v) is 5.88. The van der Waals surface area contributed by atoms with Crippen LogP contribution in [0.4, 0.5) is 10.8 Å². The number of hydrogen-bond donors (Lipinski definition) is 2. The molecule has 16 heavy (non-hydrogen) atoms. The molecule has 1 heterocycles. The van der Waals surface area contributed by atoms with Gasteiger partial charge in [0.15, 0.2) is 3.95 Å². The highest BCUT2D eigenvalue weighted by Gasteiger charge is 2.02. The molecule has 0 radical (unpaired) electrons. The highest BCUT2D eigenvalue weighted by Crippen LogP contribution is 2.24. The van der Waals surface area contributed by atoms with E-state index in [1.165, 1.54) is 11.3 Å². The van der Waals surface area contributed by atoms with Crippen molar-refractivity contribution < 1.29 is 4.74 Å². The molecule has 0 fully saturated rings. The first kappa shape index (κ1) is 11.1. The predicted molar refractivity (Wildman–Crippen MR) is 68.3 cm³/mol. The van der Waals surface area contributed by atoms with Crippen LogP contribution in [0.15, 0.2) is 18.2 Å². The number of aryl methyl sites for hydroxylation is 1. The molecule has 2 rings (SSSR count). The van der Waals surface area contributed by atoms with Gasteiger partial charge < -0.3 is 10.1 Å². The van der Waals surface area contributed by atoms with Crippen molar-refractivity contribution in [2.75, 3.05) is 12.4 Å². The molecule has 1 aromatic heterocycles. The zero-order valence-corrected chi connectivity index (χ0v) is 10.5. The fourth-order valence-electron chi connectivity index (χ4n) is 1.36. The fourth-order valence-corrected chi connectivity index (χ4v) is 2.17. The Morgan fingerprint density at radius 1 is 1.50 bits per heavy atom. The van der Waals surface area contributed by atoms with E-state index in [1.54, 1.807) is 7.11 Å². The molecule has 4 nitrogen and oxygen atoms in total. The molecule has 84 valence electrons. The monoisotopic (exact) mass is 253 g/mol. The zero-order chi connectivity index (χ0) is 11.5. The molecule has 1 aromatic carbocycles. The van der Waals surface area contributed by atoms with Gasteiger partial charge in [-0.2, -0.15) is 0 Å². The van der Waals surface area contributed by atoms with Crippen molar-refractivity contribution >= 4 is 34.4 Å². The molecule has 0 atom stereocenters. The molecular weight excluding hydrogens is 242 g/mol. The first-order valence-electron chi connectivity index (χ1n) is 4.66. The molecule has 0 unspecified atom stereocenters. The summed E-state index contributed by atoms with van der Waals surface area (Å²) < 4.78 is 5.85. The maximum Gasteiger partial charge on any atom is 0.208 e. The van der Waals surface area contributed by atoms with Crippen LogP contribution in [0.2, 0.25) is 0 Å². The number of hydrogen-bond acceptors (Lipinski definition) is 5. The molecule has 0 aliphatic carbocycles. The number of nitrogens with one attached hydrogen (secondary N) is 2. The van der Waals surface area contributed by atoms with Gasteiger partial charge in [-0.15, -0.1) is 5.10 Å². The quantitative estimate of drug-likeness (QED) is 0.824. The van der Waals surface area contributed by atoms with Crippen molar-refractivity contribution in [2.45, 2.75) is 6.92 Å². The van der Waals surface area contributed by atoms with E-state index in [-0.39, 0.29) is 0 Å². The number of aromatic amines is 1. The van der Waals surface area contributed by atoms with Crippen LogP contribution in [0.5, 0.6) is 5.75 Å². The third kappa shape index (κ3) is 2.40. The summed E-state index contributed by atoms with van der Waals surface area (Å²) >= 11 is 6.36. The van der Waals surface area contributed by atoms with Crippen molar-refractivity contribution in [1.82, 2.24) is 10.2 Å². The largest absolute Gasteiger partial charge is 0.496 e. The molecule has 0 saturated heterocycles. The van der Waals surface area contributed by atoms with E-state index in [9.17, 15) is 0 Å². The van der Waals surface area contributed by atoms with Crippen LogP contribution in [0, 0.1) is 10.9 Å². The molecule has 0 aliphatic rings. The number of nitrogens with zero attached hydrogens (tertiary/aromatic N) is 1. The minimum Gasteiger partial charge on any atom is -0.496 e. The Hall–Kier alpha value is -1.40. The summed E-state index contributed by atoms with van der Waals surface area (Å²) in [6.45, 7) is 2.00. The Kier molecular flexibility index (Phi) is 3.21. The number of H-pyrrole nitrogens is 1. The van der Waals surface area contributed by atoms with Crippen LogP contribution in [-0.2, 0) is 0 Å². The predicted octanol–water partition coefficient (Wildman–Crippen LogP) is 3.26. The molecule has 0 amide bonds. The Bertz CT molecular complexity index is 547. The van der Waals surface area contributed by atoms with Crippen molar-refractivity contribution in [3.8, 4) is 5.75 Å². The maximum absolute atomic E-state index is 5.19. The molecule has 0 spiro atoms. The van der Waals surface area contributed by atoms with Gasteiger partial charge in [0.05, 0.1) is 7.11 Å². The molecule has 2 aromatic rings. The van der Waals surface area contributed by atoms with Crippen LogP contribution in [0.1, 0.15) is 5.56 Å². The molecule has 6 heteroatoms. The third-order valence-corrected chi connectivity index (χ3v) is 3.09. The van der Waals surface area contributed by atoms with Gasteiger partial charge in [-0.3, -0.25) is 5.10 Å². The van der Waals surface area contributed by atoms with Gasteiger partial charge >= 0.3 is 0 Å². The van der Waals surface area contributed by atoms with Crippen molar-refractivity contribution in [3.63, 3.8) is 0 Å². The summed E-state index contributed by atoms with van der Waals surface area (Å²) in [5.41, 5.74) is 2.04. The van der Waals surface area contributed by atoms with E-state index in [4.69, 9.17) is 17.0 Å². The lowest BCUT2D eigenvalue weighted by Crippen LogP contribution is -1.92. The standard InChI is InChI=1S/C10H11N3OS2/c1-6-5-7(3-4-8(6)14-2)11-9-12-13-10(15)16-9/h3-5H,1-2H3,(H,11,12)(H,13,15). The van der Waals surface area contributed by atoms with Crippen molar-refractivity contribution in [2.24, 2.45) is 0 Å². The molecule has 2 N–H and O–H groups in total. The lowest BCUT2D eigenvalue weighted by Gasteiger charge is -2.07. The summed E-state index contributed by atoms with van der Waals surface area (Å²) in [7, 11) is 1.66. The second kappa shape index (κ2) is 4.63. The van der Waals surface area contributed by atoms with Crippen molar-refractivity contribution in [3.05, 3.63) is 27.7 Å². The molecule has 0 bridgehead atoms. The molecular formula is C10H11N3OS2. The number of anilines is 2. The van der Waals surface area contributed by atoms with Crippen molar-refractivity contribution in [1.29, 1.82) is 0 Å². The minimum atomic E-state index is 0.660. The lowest BCUT2D eigenvalue weighted by molar-refractivity contribution is 0.412. The maximum atomic E-state index is 5.19. The van der Waals surface area contributed by atoms with E-state index < -0.39 is 0 Å². The second-order valence-electron chi connectivity index (χ2n) is 3.23. The minimum absolute atomic E-state index is 0.660. The zero-order valence-electron chi connectivity index (χ0n) is 8.90. The van der Waals surface area contributed by atoms with Crippen LogP contribution in [-0.4, -0.2) is 17.3 Å². The molecule has 0 saturated carbocycles. The number of benzene rings is 1. The average Bonchev–Trinajstić information content (AvgIpc) is 2.64. The lowest BCUT2D eigenvalue weighted by atomic mass is 10.2. The fraction of sp³-hybridized carbons (Fsp3) is 0.200. The summed E-state index contributed by atoms with van der Waals surface area (Å²) in [6, 6.07) is 5.86.